The second-order valence-electron chi connectivity index (χ2n) is 3.59. The third-order valence-electron chi connectivity index (χ3n) is 2.07. The monoisotopic (exact) mass is 222 g/mol. The largest absolute Gasteiger partial charge is 0.347 e. The summed E-state index contributed by atoms with van der Waals surface area (Å²) in [6.45, 7) is 6.12. The van der Waals surface area contributed by atoms with Crippen molar-refractivity contribution in [3.8, 4) is 0 Å². The van der Waals surface area contributed by atoms with Gasteiger partial charge in [0.2, 0.25) is 5.95 Å². The Labute approximate surface area is 92.8 Å². The van der Waals surface area contributed by atoms with Crippen LogP contribution in [0.1, 0.15) is 28.5 Å². The molecule has 1 unspecified atom stereocenters. The van der Waals surface area contributed by atoms with Crippen molar-refractivity contribution in [1.29, 1.82) is 0 Å². The average molecular weight is 222 g/mol. The van der Waals surface area contributed by atoms with Gasteiger partial charge >= 0.3 is 0 Å². The molecule has 2 rings (SSSR count). The maximum absolute atomic E-state index is 4.33. The van der Waals surface area contributed by atoms with Gasteiger partial charge in [-0.2, -0.15) is 0 Å². The van der Waals surface area contributed by atoms with Crippen LogP contribution in [0.2, 0.25) is 0 Å². The predicted molar refractivity (Wildman–Crippen MR) is 62.2 cm³/mol. The first-order valence-electron chi connectivity index (χ1n) is 4.85. The number of aryl methyl sites for hydroxylation is 2. The van der Waals surface area contributed by atoms with Gasteiger partial charge in [-0.05, 0) is 20.8 Å². The molecule has 2 heterocycles. The molecule has 0 radical (unpaired) electrons. The fourth-order valence-corrected chi connectivity index (χ4v) is 2.10. The molecule has 0 amide bonds. The van der Waals surface area contributed by atoms with E-state index >= 15 is 0 Å². The van der Waals surface area contributed by atoms with Gasteiger partial charge in [-0.1, -0.05) is 0 Å². The number of thiazole rings is 1. The molecule has 4 nitrogen and oxygen atoms in total. The lowest BCUT2D eigenvalue weighted by Crippen LogP contribution is -2.07. The van der Waals surface area contributed by atoms with Crippen LogP contribution in [0.4, 0.5) is 5.95 Å². The van der Waals surface area contributed by atoms with Gasteiger partial charge in [0.25, 0.3) is 0 Å². The lowest BCUT2D eigenvalue weighted by molar-refractivity contribution is 0.853. The van der Waals surface area contributed by atoms with Crippen LogP contribution in [-0.2, 0) is 0 Å². The van der Waals surface area contributed by atoms with Crippen LogP contribution in [0.25, 0.3) is 0 Å². The van der Waals surface area contributed by atoms with Crippen molar-refractivity contribution >= 4 is 17.3 Å². The van der Waals surface area contributed by atoms with Gasteiger partial charge in [0.15, 0.2) is 0 Å². The highest BCUT2D eigenvalue weighted by Crippen LogP contribution is 2.21. The molecule has 0 spiro atoms. The molecule has 5 heteroatoms. The first-order valence-corrected chi connectivity index (χ1v) is 5.67. The molecule has 0 saturated carbocycles. The van der Waals surface area contributed by atoms with Crippen LogP contribution in [0, 0.1) is 13.8 Å². The number of nitrogens with one attached hydrogen (secondary N) is 2. The number of anilines is 1. The van der Waals surface area contributed by atoms with E-state index in [0.29, 0.717) is 0 Å². The Kier molecular flexibility index (Phi) is 2.73. The van der Waals surface area contributed by atoms with E-state index in [1.54, 1.807) is 11.3 Å². The number of rotatable bonds is 3. The highest BCUT2D eigenvalue weighted by molar-refractivity contribution is 7.11. The zero-order chi connectivity index (χ0) is 10.8. The van der Waals surface area contributed by atoms with E-state index in [1.807, 2.05) is 19.3 Å². The zero-order valence-corrected chi connectivity index (χ0v) is 9.85. The minimum absolute atomic E-state index is 0.189. The smallest absolute Gasteiger partial charge is 0.200 e. The Morgan fingerprint density at radius 3 is 2.67 bits per heavy atom. The molecule has 0 aliphatic rings. The Hall–Kier alpha value is -1.36. The summed E-state index contributed by atoms with van der Waals surface area (Å²) in [6, 6.07) is 0.189. The van der Waals surface area contributed by atoms with E-state index < -0.39 is 0 Å². The molecule has 0 fully saturated rings. The normalized spacial score (nSPS) is 12.7. The number of hydrogen-bond acceptors (Lipinski definition) is 4. The molecule has 0 aromatic carbocycles. The van der Waals surface area contributed by atoms with Crippen molar-refractivity contribution in [1.82, 2.24) is 15.0 Å². The Morgan fingerprint density at radius 1 is 1.33 bits per heavy atom. The third kappa shape index (κ3) is 2.36. The molecule has 0 bridgehead atoms. The van der Waals surface area contributed by atoms with E-state index in [-0.39, 0.29) is 6.04 Å². The summed E-state index contributed by atoms with van der Waals surface area (Å²) in [7, 11) is 0. The van der Waals surface area contributed by atoms with E-state index in [0.717, 1.165) is 16.6 Å². The van der Waals surface area contributed by atoms with Crippen LogP contribution >= 0.6 is 11.3 Å². The molecule has 2 aromatic rings. The quantitative estimate of drug-likeness (QED) is 0.839. The zero-order valence-electron chi connectivity index (χ0n) is 9.03. The highest BCUT2D eigenvalue weighted by Gasteiger charge is 2.10. The summed E-state index contributed by atoms with van der Waals surface area (Å²) in [5, 5.41) is 4.36. The van der Waals surface area contributed by atoms with Crippen LogP contribution in [-0.4, -0.2) is 15.0 Å². The first kappa shape index (κ1) is 10.2. The third-order valence-corrected chi connectivity index (χ3v) is 3.16. The first-order chi connectivity index (χ1) is 7.15. The number of aromatic amines is 1. The van der Waals surface area contributed by atoms with Gasteiger partial charge in [0.05, 0.1) is 6.04 Å². The number of nitrogens with zero attached hydrogens (tertiary/aromatic N) is 2. The lowest BCUT2D eigenvalue weighted by Gasteiger charge is -2.09. The highest BCUT2D eigenvalue weighted by atomic mass is 32.1. The molecule has 2 aromatic heterocycles. The summed E-state index contributed by atoms with van der Waals surface area (Å²) in [6.07, 6.45) is 3.70. The van der Waals surface area contributed by atoms with Crippen molar-refractivity contribution in [2.45, 2.75) is 26.8 Å². The van der Waals surface area contributed by atoms with Crippen LogP contribution in [0.3, 0.4) is 0 Å². The maximum atomic E-state index is 4.33. The van der Waals surface area contributed by atoms with Crippen molar-refractivity contribution in [2.75, 3.05) is 5.32 Å². The van der Waals surface area contributed by atoms with Gasteiger partial charge in [-0.3, -0.25) is 0 Å². The maximum Gasteiger partial charge on any atom is 0.200 e. The number of aromatic nitrogens is 3. The van der Waals surface area contributed by atoms with Gasteiger partial charge < -0.3 is 10.3 Å². The Morgan fingerprint density at radius 2 is 2.13 bits per heavy atom. The molecule has 1 atom stereocenters. The summed E-state index contributed by atoms with van der Waals surface area (Å²) in [4.78, 5) is 12.9. The van der Waals surface area contributed by atoms with E-state index in [9.17, 15) is 0 Å². The summed E-state index contributed by atoms with van der Waals surface area (Å²) >= 11 is 1.71. The molecule has 0 saturated heterocycles. The van der Waals surface area contributed by atoms with E-state index in [2.05, 4.69) is 34.1 Å². The lowest BCUT2D eigenvalue weighted by atomic mass is 10.4. The fourth-order valence-electron chi connectivity index (χ4n) is 1.33. The second-order valence-corrected chi connectivity index (χ2v) is 4.86. The summed E-state index contributed by atoms with van der Waals surface area (Å²) in [5.41, 5.74) is 1.06. The predicted octanol–water partition coefficient (Wildman–Crippen LogP) is 2.66. The van der Waals surface area contributed by atoms with Crippen molar-refractivity contribution in [2.24, 2.45) is 0 Å². The minimum atomic E-state index is 0.189. The van der Waals surface area contributed by atoms with Gasteiger partial charge in [-0.25, -0.2) is 9.97 Å². The number of hydrogen-bond donors (Lipinski definition) is 2. The van der Waals surface area contributed by atoms with Gasteiger partial charge in [0, 0.05) is 23.0 Å². The average Bonchev–Trinajstić information content (AvgIpc) is 2.75. The Bertz CT molecular complexity index is 446. The molecule has 15 heavy (non-hydrogen) atoms. The van der Waals surface area contributed by atoms with Crippen LogP contribution < -0.4 is 5.32 Å². The SMILES string of the molecule is Cc1cnc(NC(C)c2ncc(C)s2)[nH]1. The molecule has 80 valence electrons. The number of imidazole rings is 1. The fraction of sp³-hybridized carbons (Fsp3) is 0.400. The van der Waals surface area contributed by atoms with E-state index in [1.165, 1.54) is 4.88 Å². The standard InChI is InChI=1S/C10H14N4S/c1-6-4-12-10(13-6)14-8(3)9-11-5-7(2)15-9/h4-5,8H,1-3H3,(H2,12,13,14). The molecule has 0 aliphatic carbocycles. The molecular weight excluding hydrogens is 208 g/mol. The van der Waals surface area contributed by atoms with Crippen LogP contribution in [0.15, 0.2) is 12.4 Å². The minimum Gasteiger partial charge on any atom is -0.347 e. The number of H-pyrrole nitrogens is 1. The second kappa shape index (κ2) is 4.02. The van der Waals surface area contributed by atoms with Crippen molar-refractivity contribution in [3.63, 3.8) is 0 Å². The summed E-state index contributed by atoms with van der Waals surface area (Å²) < 4.78 is 0. The Balaban J connectivity index is 2.06. The van der Waals surface area contributed by atoms with Crippen molar-refractivity contribution < 1.29 is 0 Å². The van der Waals surface area contributed by atoms with Crippen molar-refractivity contribution in [3.05, 3.63) is 28.0 Å². The topological polar surface area (TPSA) is 53.6 Å². The van der Waals surface area contributed by atoms with E-state index in [4.69, 9.17) is 0 Å². The molecular formula is C10H14N4S. The van der Waals surface area contributed by atoms with Gasteiger partial charge in [-0.15, -0.1) is 11.3 Å². The van der Waals surface area contributed by atoms with Gasteiger partial charge in [0.1, 0.15) is 5.01 Å². The van der Waals surface area contributed by atoms with Crippen LogP contribution in [0.5, 0.6) is 0 Å². The summed E-state index contributed by atoms with van der Waals surface area (Å²) in [5.74, 6) is 0.799. The molecule has 2 N–H and O–H groups in total. The molecule has 0 aliphatic heterocycles.